The summed E-state index contributed by atoms with van der Waals surface area (Å²) in [6.07, 6.45) is 88.9. The first kappa shape index (κ1) is 79.9. The molecule has 0 aliphatic rings. The molecule has 0 aromatic rings. The lowest BCUT2D eigenvalue weighted by molar-refractivity contribution is -0.870. The van der Waals surface area contributed by atoms with Crippen LogP contribution in [-0.2, 0) is 18.4 Å². The summed E-state index contributed by atoms with van der Waals surface area (Å²) in [4.78, 5) is 25.6. The third-order valence-corrected chi connectivity index (χ3v) is 16.9. The number of phosphoric acid groups is 1. The Morgan fingerprint density at radius 3 is 1.13 bits per heavy atom. The predicted octanol–water partition coefficient (Wildman–Crippen LogP) is 21.9. The highest BCUT2D eigenvalue weighted by Gasteiger charge is 2.23. The minimum absolute atomic E-state index is 0.00738. The third-order valence-electron chi connectivity index (χ3n) is 15.9. The minimum Gasteiger partial charge on any atom is -0.756 e. The molecule has 0 rings (SSSR count). The minimum atomic E-state index is -4.61. The lowest BCUT2D eigenvalue weighted by atomic mass is 10.0. The van der Waals surface area contributed by atoms with Crippen molar-refractivity contribution in [1.82, 2.24) is 5.32 Å². The number of rotatable bonds is 65. The van der Waals surface area contributed by atoms with Crippen LogP contribution >= 0.6 is 7.82 Å². The predicted molar refractivity (Wildman–Crippen MR) is 357 cm³/mol. The standard InChI is InChI=1S/C73H137N2O6P/c1-6-8-10-12-14-16-18-20-22-24-26-28-30-32-34-36-37-39-40-42-44-46-48-50-52-54-56-58-60-62-64-66-72(76)71(70-81-82(78,79)80-69-68-75(3,4)5)74-73(77)67-65-63-61-59-57-55-53-51-49-47-45-43-41-38-35-33-31-29-27-25-23-21-19-17-15-13-11-9-7-2/h9,11,15,17,21,23,27,29,56,58,64,66,71-72,76H,6-8,10,12-14,16,18-20,22,24-26,28,30-55,57,59-63,65,67-70H2,1-5H3,(H-,74,77,78,79)/b11-9-,17-15-,23-21-,29-27-,58-56+,66-64+. The van der Waals surface area contributed by atoms with Crippen molar-refractivity contribution in [2.24, 2.45) is 0 Å². The largest absolute Gasteiger partial charge is 0.756 e. The van der Waals surface area contributed by atoms with E-state index in [9.17, 15) is 19.4 Å². The van der Waals surface area contributed by atoms with Gasteiger partial charge in [-0.2, -0.15) is 0 Å². The number of likely N-dealkylation sites (N-methyl/N-ethyl adjacent to an activating group) is 1. The maximum atomic E-state index is 13.0. The second-order valence-electron chi connectivity index (χ2n) is 25.2. The van der Waals surface area contributed by atoms with Crippen LogP contribution in [0.3, 0.4) is 0 Å². The molecule has 1 amide bonds. The molecule has 2 N–H and O–H groups in total. The molecule has 0 aliphatic heterocycles. The summed E-state index contributed by atoms with van der Waals surface area (Å²) in [5, 5.41) is 13.9. The number of hydrogen-bond donors (Lipinski definition) is 2. The molecule has 0 aromatic heterocycles. The van der Waals surface area contributed by atoms with E-state index in [1.165, 1.54) is 250 Å². The summed E-state index contributed by atoms with van der Waals surface area (Å²) in [6.45, 7) is 4.56. The average molecular weight is 1170 g/mol. The maximum Gasteiger partial charge on any atom is 0.268 e. The average Bonchev–Trinajstić information content (AvgIpc) is 3.47. The quantitative estimate of drug-likeness (QED) is 0.0272. The summed E-state index contributed by atoms with van der Waals surface area (Å²) < 4.78 is 23.4. The molecule has 480 valence electrons. The van der Waals surface area contributed by atoms with Crippen LogP contribution in [0.1, 0.15) is 335 Å². The summed E-state index contributed by atoms with van der Waals surface area (Å²) in [5.41, 5.74) is 0. The molecule has 82 heavy (non-hydrogen) atoms. The van der Waals surface area contributed by atoms with Gasteiger partial charge in [-0.3, -0.25) is 9.36 Å². The second kappa shape index (κ2) is 63.4. The van der Waals surface area contributed by atoms with Crippen LogP contribution in [0, 0.1) is 0 Å². The Kier molecular flexibility index (Phi) is 61.8. The van der Waals surface area contributed by atoms with Crippen molar-refractivity contribution >= 4 is 13.7 Å². The van der Waals surface area contributed by atoms with Gasteiger partial charge in [0.05, 0.1) is 39.9 Å². The number of aliphatic hydroxyl groups excluding tert-OH is 1. The number of amides is 1. The fourth-order valence-corrected chi connectivity index (χ4v) is 11.2. The van der Waals surface area contributed by atoms with E-state index in [1.54, 1.807) is 6.08 Å². The van der Waals surface area contributed by atoms with Crippen molar-refractivity contribution in [1.29, 1.82) is 0 Å². The maximum absolute atomic E-state index is 13.0. The molecule has 8 nitrogen and oxygen atoms in total. The zero-order valence-corrected chi connectivity index (χ0v) is 55.8. The molecular weight excluding hydrogens is 1030 g/mol. The highest BCUT2D eigenvalue weighted by molar-refractivity contribution is 7.45. The van der Waals surface area contributed by atoms with Gasteiger partial charge in [0.2, 0.25) is 5.91 Å². The van der Waals surface area contributed by atoms with E-state index in [4.69, 9.17) is 9.05 Å². The molecule has 3 unspecified atom stereocenters. The Morgan fingerprint density at radius 2 is 0.756 bits per heavy atom. The lowest BCUT2D eigenvalue weighted by Crippen LogP contribution is -2.45. The molecule has 0 aromatic carbocycles. The SMILES string of the molecule is CC/C=C\C/C=C\C/C=C\C/C=C\CCCCCCCCCCCCCCCCCCC(=O)NC(COP(=O)([O-])OCC[N+](C)(C)C)C(O)/C=C/CC/C=C/CCCCCCCCCCCCCCCCCCCCCCCCCCC. The molecule has 0 spiro atoms. The van der Waals surface area contributed by atoms with Gasteiger partial charge in [-0.05, 0) is 70.6 Å². The normalized spacial score (nSPS) is 14.1. The van der Waals surface area contributed by atoms with Crippen LogP contribution in [0.2, 0.25) is 0 Å². The summed E-state index contributed by atoms with van der Waals surface area (Å²) in [6, 6.07) is -0.908. The lowest BCUT2D eigenvalue weighted by Gasteiger charge is -2.29. The Bertz CT molecular complexity index is 1570. The molecule has 0 saturated heterocycles. The van der Waals surface area contributed by atoms with E-state index in [1.807, 2.05) is 27.2 Å². The van der Waals surface area contributed by atoms with Crippen molar-refractivity contribution < 1.29 is 32.9 Å². The summed E-state index contributed by atoms with van der Waals surface area (Å²) >= 11 is 0. The Morgan fingerprint density at radius 1 is 0.439 bits per heavy atom. The zero-order chi connectivity index (χ0) is 59.8. The van der Waals surface area contributed by atoms with Gasteiger partial charge in [0, 0.05) is 6.42 Å². The van der Waals surface area contributed by atoms with Gasteiger partial charge in [-0.25, -0.2) is 0 Å². The van der Waals surface area contributed by atoms with Crippen molar-refractivity contribution in [2.45, 2.75) is 347 Å². The number of quaternary nitrogens is 1. The van der Waals surface area contributed by atoms with E-state index in [0.717, 1.165) is 64.2 Å². The van der Waals surface area contributed by atoms with Gasteiger partial charge in [-0.1, -0.05) is 331 Å². The number of hydrogen-bond acceptors (Lipinski definition) is 6. The Balaban J connectivity index is 4.09. The fourth-order valence-electron chi connectivity index (χ4n) is 10.5. The molecule has 0 aliphatic carbocycles. The van der Waals surface area contributed by atoms with E-state index in [-0.39, 0.29) is 12.5 Å². The van der Waals surface area contributed by atoms with Crippen LogP contribution in [0.5, 0.6) is 0 Å². The van der Waals surface area contributed by atoms with Crippen LogP contribution < -0.4 is 10.2 Å². The van der Waals surface area contributed by atoms with Crippen molar-refractivity contribution in [3.8, 4) is 0 Å². The number of nitrogens with zero attached hydrogens (tertiary/aromatic N) is 1. The summed E-state index contributed by atoms with van der Waals surface area (Å²) in [7, 11) is 1.25. The highest BCUT2D eigenvalue weighted by Crippen LogP contribution is 2.38. The Hall–Kier alpha value is -2.06. The molecular formula is C73H137N2O6P. The highest BCUT2D eigenvalue weighted by atomic mass is 31.2. The van der Waals surface area contributed by atoms with Crippen LogP contribution in [0.25, 0.3) is 0 Å². The number of aliphatic hydroxyl groups is 1. The number of carbonyl (C=O) groups excluding carboxylic acids is 1. The second-order valence-corrected chi connectivity index (χ2v) is 26.6. The van der Waals surface area contributed by atoms with E-state index in [0.29, 0.717) is 17.4 Å². The van der Waals surface area contributed by atoms with Crippen LogP contribution in [-0.4, -0.2) is 68.5 Å². The van der Waals surface area contributed by atoms with Crippen LogP contribution in [0.15, 0.2) is 72.9 Å². The van der Waals surface area contributed by atoms with Gasteiger partial charge >= 0.3 is 0 Å². The van der Waals surface area contributed by atoms with Gasteiger partial charge in [0.25, 0.3) is 7.82 Å². The topological polar surface area (TPSA) is 108 Å². The number of carbonyl (C=O) groups is 1. The zero-order valence-electron chi connectivity index (χ0n) is 54.9. The monoisotopic (exact) mass is 1170 g/mol. The van der Waals surface area contributed by atoms with E-state index >= 15 is 0 Å². The molecule has 0 heterocycles. The van der Waals surface area contributed by atoms with Gasteiger partial charge < -0.3 is 28.8 Å². The first-order valence-electron chi connectivity index (χ1n) is 35.3. The van der Waals surface area contributed by atoms with Gasteiger partial charge in [0.15, 0.2) is 0 Å². The number of allylic oxidation sites excluding steroid dienone is 11. The molecule has 0 bridgehead atoms. The van der Waals surface area contributed by atoms with Crippen molar-refractivity contribution in [2.75, 3.05) is 40.9 Å². The number of nitrogens with one attached hydrogen (secondary N) is 1. The van der Waals surface area contributed by atoms with E-state index < -0.39 is 26.6 Å². The molecule has 0 fully saturated rings. The molecule has 0 radical (unpaired) electrons. The van der Waals surface area contributed by atoms with Gasteiger partial charge in [-0.15, -0.1) is 0 Å². The smallest absolute Gasteiger partial charge is 0.268 e. The summed E-state index contributed by atoms with van der Waals surface area (Å²) in [5.74, 6) is -0.204. The van der Waals surface area contributed by atoms with E-state index in [2.05, 4.69) is 79.9 Å². The van der Waals surface area contributed by atoms with Crippen LogP contribution in [0.4, 0.5) is 0 Å². The third kappa shape index (κ3) is 65.5. The fraction of sp³-hybridized carbons (Fsp3) is 0.822. The van der Waals surface area contributed by atoms with Crippen molar-refractivity contribution in [3.63, 3.8) is 0 Å². The number of unbranched alkanes of at least 4 members (excludes halogenated alkanes) is 42. The van der Waals surface area contributed by atoms with Crippen molar-refractivity contribution in [3.05, 3.63) is 72.9 Å². The Labute approximate surface area is 510 Å². The number of phosphoric ester groups is 1. The van der Waals surface area contributed by atoms with Gasteiger partial charge in [0.1, 0.15) is 13.2 Å². The molecule has 3 atom stereocenters. The molecule has 0 saturated carbocycles. The first-order valence-corrected chi connectivity index (χ1v) is 36.8. The molecule has 9 heteroatoms. The first-order chi connectivity index (χ1) is 40.0.